The zero-order chi connectivity index (χ0) is 33.1. The summed E-state index contributed by atoms with van der Waals surface area (Å²) in [6.45, 7) is 4.52. The van der Waals surface area contributed by atoms with Crippen molar-refractivity contribution in [2.45, 2.75) is 51.0 Å². The highest BCUT2D eigenvalue weighted by atomic mass is 35.5. The van der Waals surface area contributed by atoms with Gasteiger partial charge < -0.3 is 19.9 Å². The summed E-state index contributed by atoms with van der Waals surface area (Å²) in [7, 11) is -3.75. The standard InChI is InChI=1S/C29H31ClFN3O9S2/c1-29(2,3)43-28(37)27-25(42-15-22(35)36)23(30)26(44-27)20-8-5-9-21(24(20)31)32-18-10-12-33(13-11-18)45(40,41)16-17-6-4-7-19(14-17)34(38)39/h4-9,14,18,32H,10-13,15-16H2,1-3H3,(H,35,36). The number of carbonyl (C=O) groups excluding carboxylic acids is 1. The van der Waals surface area contributed by atoms with Crippen LogP contribution in [0.1, 0.15) is 48.8 Å². The van der Waals surface area contributed by atoms with Crippen molar-refractivity contribution < 1.29 is 41.9 Å². The highest BCUT2D eigenvalue weighted by Crippen LogP contribution is 2.47. The maximum Gasteiger partial charge on any atom is 0.352 e. The fraction of sp³-hybridized carbons (Fsp3) is 0.379. The van der Waals surface area contributed by atoms with E-state index in [4.69, 9.17) is 26.2 Å². The van der Waals surface area contributed by atoms with Crippen LogP contribution >= 0.6 is 22.9 Å². The van der Waals surface area contributed by atoms with Crippen LogP contribution in [0.15, 0.2) is 42.5 Å². The number of rotatable bonds is 11. The van der Waals surface area contributed by atoms with Crippen LogP contribution in [0.4, 0.5) is 15.8 Å². The monoisotopic (exact) mass is 683 g/mol. The lowest BCUT2D eigenvalue weighted by Crippen LogP contribution is -2.42. The van der Waals surface area contributed by atoms with Gasteiger partial charge in [0.05, 0.1) is 21.2 Å². The van der Waals surface area contributed by atoms with Gasteiger partial charge in [0, 0.05) is 36.8 Å². The number of sulfonamides is 1. The number of aliphatic carboxylic acids is 1. The molecule has 1 saturated heterocycles. The van der Waals surface area contributed by atoms with Gasteiger partial charge in [0.25, 0.3) is 5.69 Å². The van der Waals surface area contributed by atoms with Crippen molar-refractivity contribution in [2.24, 2.45) is 0 Å². The Kier molecular flexibility index (Phi) is 10.4. The molecule has 4 rings (SSSR count). The van der Waals surface area contributed by atoms with Gasteiger partial charge in [-0.25, -0.2) is 26.7 Å². The summed E-state index contributed by atoms with van der Waals surface area (Å²) >= 11 is 7.33. The fourth-order valence-electron chi connectivity index (χ4n) is 4.67. The molecular formula is C29H31ClFN3O9S2. The molecule has 1 aliphatic rings. The van der Waals surface area contributed by atoms with E-state index in [1.807, 2.05) is 0 Å². The Balaban J connectivity index is 1.50. The maximum atomic E-state index is 15.9. The van der Waals surface area contributed by atoms with E-state index < -0.39 is 44.9 Å². The number of nitro benzene ring substituents is 1. The summed E-state index contributed by atoms with van der Waals surface area (Å²) in [4.78, 5) is 34.5. The van der Waals surface area contributed by atoms with Crippen LogP contribution in [-0.2, 0) is 25.3 Å². The first-order chi connectivity index (χ1) is 21.1. The molecule has 1 aromatic heterocycles. The third-order valence-electron chi connectivity index (χ3n) is 6.65. The normalized spacial score (nSPS) is 14.6. The van der Waals surface area contributed by atoms with Gasteiger partial charge in [0.2, 0.25) is 10.0 Å². The molecule has 16 heteroatoms. The summed E-state index contributed by atoms with van der Waals surface area (Å²) < 4.78 is 54.0. The van der Waals surface area contributed by atoms with Crippen molar-refractivity contribution in [1.29, 1.82) is 0 Å². The first-order valence-corrected chi connectivity index (χ1v) is 16.5. The zero-order valence-corrected chi connectivity index (χ0v) is 26.9. The second-order valence-corrected chi connectivity index (χ2v) is 14.6. The molecule has 0 amide bonds. The Morgan fingerprint density at radius 3 is 2.49 bits per heavy atom. The second-order valence-electron chi connectivity index (χ2n) is 11.3. The predicted molar refractivity (Wildman–Crippen MR) is 167 cm³/mol. The second kappa shape index (κ2) is 13.7. The van der Waals surface area contributed by atoms with Gasteiger partial charge in [-0.15, -0.1) is 11.3 Å². The molecule has 2 aromatic carbocycles. The minimum atomic E-state index is -3.75. The smallest absolute Gasteiger partial charge is 0.352 e. The Morgan fingerprint density at radius 2 is 1.87 bits per heavy atom. The number of nitrogens with one attached hydrogen (secondary N) is 1. The molecule has 0 unspecified atom stereocenters. The number of thiophene rings is 1. The Labute approximate surface area is 267 Å². The van der Waals surface area contributed by atoms with E-state index >= 15 is 4.39 Å². The topological polar surface area (TPSA) is 165 Å². The van der Waals surface area contributed by atoms with Gasteiger partial charge in [-0.2, -0.15) is 0 Å². The number of piperidine rings is 1. The average Bonchev–Trinajstić information content (AvgIpc) is 3.28. The van der Waals surface area contributed by atoms with Crippen molar-refractivity contribution in [3.8, 4) is 16.2 Å². The van der Waals surface area contributed by atoms with Gasteiger partial charge in [-0.1, -0.05) is 35.9 Å². The number of nitrogens with zero attached hydrogens (tertiary/aromatic N) is 2. The van der Waals surface area contributed by atoms with E-state index in [-0.39, 0.29) is 62.3 Å². The number of carboxylic acid groups (broad SMARTS) is 1. The van der Waals surface area contributed by atoms with Crippen LogP contribution in [0.2, 0.25) is 5.02 Å². The minimum absolute atomic E-state index is 0.0435. The molecule has 242 valence electrons. The van der Waals surface area contributed by atoms with Gasteiger partial charge in [0.1, 0.15) is 10.6 Å². The Hall–Kier alpha value is -3.79. The number of benzene rings is 2. The fourth-order valence-corrected chi connectivity index (χ4v) is 7.68. The first kappa shape index (κ1) is 34.1. The molecule has 45 heavy (non-hydrogen) atoms. The molecule has 12 nitrogen and oxygen atoms in total. The third kappa shape index (κ3) is 8.48. The van der Waals surface area contributed by atoms with Crippen molar-refractivity contribution >= 4 is 56.3 Å². The van der Waals surface area contributed by atoms with E-state index in [9.17, 15) is 28.1 Å². The number of hydrogen-bond donors (Lipinski definition) is 2. The molecule has 0 atom stereocenters. The highest BCUT2D eigenvalue weighted by molar-refractivity contribution is 7.88. The lowest BCUT2D eigenvalue weighted by molar-refractivity contribution is -0.384. The highest BCUT2D eigenvalue weighted by Gasteiger charge is 2.32. The average molecular weight is 684 g/mol. The zero-order valence-electron chi connectivity index (χ0n) is 24.5. The number of anilines is 1. The summed E-state index contributed by atoms with van der Waals surface area (Å²) in [5, 5.41) is 23.1. The third-order valence-corrected chi connectivity index (χ3v) is 10.2. The molecular weight excluding hydrogens is 653 g/mol. The molecule has 0 spiro atoms. The van der Waals surface area contributed by atoms with Crippen LogP contribution in [0.25, 0.3) is 10.4 Å². The summed E-state index contributed by atoms with van der Waals surface area (Å²) in [6.07, 6.45) is 0.737. The number of nitro groups is 1. The summed E-state index contributed by atoms with van der Waals surface area (Å²) in [5.41, 5.74) is -0.585. The van der Waals surface area contributed by atoms with Gasteiger partial charge in [-0.3, -0.25) is 10.1 Å². The predicted octanol–water partition coefficient (Wildman–Crippen LogP) is 5.94. The van der Waals surface area contributed by atoms with E-state index in [2.05, 4.69) is 5.32 Å². The van der Waals surface area contributed by atoms with Gasteiger partial charge in [-0.05, 0) is 45.2 Å². The molecule has 0 radical (unpaired) electrons. The van der Waals surface area contributed by atoms with E-state index in [1.54, 1.807) is 26.8 Å². The quantitative estimate of drug-likeness (QED) is 0.140. The number of carboxylic acids is 1. The maximum absolute atomic E-state index is 15.9. The van der Waals surface area contributed by atoms with Crippen molar-refractivity contribution in [2.75, 3.05) is 25.0 Å². The van der Waals surface area contributed by atoms with Crippen LogP contribution in [0.5, 0.6) is 5.75 Å². The number of esters is 1. The number of hydrogen-bond acceptors (Lipinski definition) is 10. The molecule has 1 fully saturated rings. The lowest BCUT2D eigenvalue weighted by Gasteiger charge is -2.32. The van der Waals surface area contributed by atoms with Crippen molar-refractivity contribution in [3.05, 3.63) is 73.9 Å². The Bertz CT molecular complexity index is 1720. The minimum Gasteiger partial charge on any atom is -0.479 e. The molecule has 0 bridgehead atoms. The van der Waals surface area contributed by atoms with Crippen LogP contribution < -0.4 is 10.1 Å². The summed E-state index contributed by atoms with van der Waals surface area (Å²) in [5.74, 6) is -3.38. The molecule has 1 aliphatic heterocycles. The summed E-state index contributed by atoms with van der Waals surface area (Å²) in [6, 6.07) is 9.77. The van der Waals surface area contributed by atoms with Gasteiger partial charge in [0.15, 0.2) is 23.1 Å². The van der Waals surface area contributed by atoms with E-state index in [0.717, 1.165) is 11.3 Å². The van der Waals surface area contributed by atoms with Crippen molar-refractivity contribution in [3.63, 3.8) is 0 Å². The molecule has 0 saturated carbocycles. The van der Waals surface area contributed by atoms with E-state index in [1.165, 1.54) is 40.7 Å². The van der Waals surface area contributed by atoms with Crippen LogP contribution in [-0.4, -0.2) is 66.0 Å². The first-order valence-electron chi connectivity index (χ1n) is 13.7. The largest absolute Gasteiger partial charge is 0.479 e. The number of non-ortho nitro benzene ring substituents is 1. The lowest BCUT2D eigenvalue weighted by atomic mass is 10.1. The number of carbonyl (C=O) groups is 2. The molecule has 2 N–H and O–H groups in total. The molecule has 0 aliphatic carbocycles. The van der Waals surface area contributed by atoms with Crippen LogP contribution in [0.3, 0.4) is 0 Å². The number of halogens is 2. The molecule has 2 heterocycles. The molecule has 3 aromatic rings. The van der Waals surface area contributed by atoms with Crippen molar-refractivity contribution in [1.82, 2.24) is 4.31 Å². The van der Waals surface area contributed by atoms with E-state index in [0.29, 0.717) is 18.4 Å². The Morgan fingerprint density at radius 1 is 1.20 bits per heavy atom. The van der Waals surface area contributed by atoms with Crippen LogP contribution in [0, 0.1) is 15.9 Å². The van der Waals surface area contributed by atoms with Gasteiger partial charge >= 0.3 is 11.9 Å². The SMILES string of the molecule is CC(C)(C)OC(=O)c1sc(-c2cccc(NC3CCN(S(=O)(=O)Cc4cccc([N+](=O)[O-])c4)CC3)c2F)c(Cl)c1OCC(=O)O. The number of ether oxygens (including phenoxy) is 2.